The molecule has 7 aromatic rings. The van der Waals surface area contributed by atoms with Crippen LogP contribution >= 0.6 is 0 Å². The minimum absolute atomic E-state index is 0.421. The second-order valence-corrected chi connectivity index (χ2v) is 18.7. The molecule has 0 aliphatic rings. The number of nitrogens with zero attached hydrogens (tertiary/aromatic N) is 6. The summed E-state index contributed by atoms with van der Waals surface area (Å²) in [5, 5.41) is 0. The highest BCUT2D eigenvalue weighted by Gasteiger charge is 2.03. The van der Waals surface area contributed by atoms with E-state index in [1.165, 1.54) is 0 Å². The first-order chi connectivity index (χ1) is 40.3. The molecular formula is C70H66N6O6. The molecule has 12 heteroatoms. The molecule has 0 amide bonds. The lowest BCUT2D eigenvalue weighted by Crippen LogP contribution is -1.96. The fraction of sp³-hybridized carbons (Fsp3) is 0.343. The molecule has 0 unspecified atom stereocenters. The van der Waals surface area contributed by atoms with Crippen molar-refractivity contribution in [3.05, 3.63) is 170 Å². The van der Waals surface area contributed by atoms with Crippen LogP contribution in [0.4, 0.5) is 0 Å². The summed E-state index contributed by atoms with van der Waals surface area (Å²) in [5.74, 6) is 3.48. The number of pyridine rings is 6. The third-order valence-electron chi connectivity index (χ3n) is 11.6. The van der Waals surface area contributed by atoms with Crippen LogP contribution in [-0.2, 0) is 0 Å². The Kier molecular flexibility index (Phi) is 24.5. The van der Waals surface area contributed by atoms with Crippen LogP contribution in [0.25, 0.3) is 66.2 Å². The van der Waals surface area contributed by atoms with Gasteiger partial charge in [-0.1, -0.05) is 80.1 Å². The second-order valence-electron chi connectivity index (χ2n) is 18.7. The number of rotatable bonds is 24. The average molecular weight is 1090 g/mol. The zero-order valence-corrected chi connectivity index (χ0v) is 47.8. The lowest BCUT2D eigenvalue weighted by molar-refractivity contribution is 0.309. The van der Waals surface area contributed by atoms with Crippen molar-refractivity contribution in [1.82, 2.24) is 29.9 Å². The number of unbranched alkanes of at least 4 members (excludes halogenated alkanes) is 6. The topological polar surface area (TPSA) is 133 Å². The smallest absolute Gasteiger partial charge is 0.124 e. The molecular weight excluding hydrogens is 1020 g/mol. The molecule has 7 rings (SSSR count). The van der Waals surface area contributed by atoms with Crippen LogP contribution in [0.5, 0.6) is 34.5 Å². The van der Waals surface area contributed by atoms with E-state index in [1.807, 2.05) is 0 Å². The Labute approximate surface area is 485 Å². The Morgan fingerprint density at radius 2 is 0.354 bits per heavy atom. The van der Waals surface area contributed by atoms with Gasteiger partial charge in [0.2, 0.25) is 0 Å². The van der Waals surface area contributed by atoms with E-state index in [4.69, 9.17) is 58.3 Å². The monoisotopic (exact) mass is 1090 g/mol. The Morgan fingerprint density at radius 1 is 0.220 bits per heavy atom. The summed E-state index contributed by atoms with van der Waals surface area (Å²) < 4.78 is 36.9. The first-order valence-corrected chi connectivity index (χ1v) is 28.3. The van der Waals surface area contributed by atoms with Crippen LogP contribution in [0.3, 0.4) is 0 Å². The first-order valence-electron chi connectivity index (χ1n) is 28.3. The van der Waals surface area contributed by atoms with Gasteiger partial charge in [-0.05, 0) is 136 Å². The SMILES string of the molecule is CCCCOc1cc2c#cc#cc3cc(OCCCC)cc(c#cc4cc(OCCCC)cc(c#cc5cc(OCCCC)cc(c#cc#cc6cc(OCCCC)cc(c#cc7cc(OCCCC)cc(c#cc(c1)n2)n7)n6)n5)n4)n3. The second kappa shape index (κ2) is 33.6. The van der Waals surface area contributed by atoms with E-state index in [0.29, 0.717) is 140 Å². The van der Waals surface area contributed by atoms with E-state index in [-0.39, 0.29) is 0 Å². The molecule has 12 bridgehead atoms. The Balaban J connectivity index is 1.47. The van der Waals surface area contributed by atoms with Gasteiger partial charge in [0.05, 0.1) is 39.6 Å². The van der Waals surface area contributed by atoms with Gasteiger partial charge in [0, 0.05) is 72.8 Å². The maximum Gasteiger partial charge on any atom is 0.124 e. The maximum atomic E-state index is 6.17. The van der Waals surface area contributed by atoms with Gasteiger partial charge < -0.3 is 28.4 Å². The molecule has 0 aliphatic heterocycles. The van der Waals surface area contributed by atoms with Gasteiger partial charge in [-0.3, -0.25) is 0 Å². The van der Waals surface area contributed by atoms with Gasteiger partial charge in [0.15, 0.2) is 0 Å². The summed E-state index contributed by atoms with van der Waals surface area (Å²) in [5.41, 5.74) is 5.11. The van der Waals surface area contributed by atoms with Crippen molar-refractivity contribution >= 4 is 66.2 Å². The van der Waals surface area contributed by atoms with Gasteiger partial charge in [-0.15, -0.1) is 0 Å². The van der Waals surface area contributed by atoms with Gasteiger partial charge in [-0.25, -0.2) is 29.9 Å². The lowest BCUT2D eigenvalue weighted by atomic mass is 10.3. The molecule has 7 heterocycles. The van der Waals surface area contributed by atoms with Gasteiger partial charge in [-0.2, -0.15) is 0 Å². The van der Waals surface area contributed by atoms with Crippen molar-refractivity contribution in [3.8, 4) is 34.5 Å². The lowest BCUT2D eigenvalue weighted by Gasteiger charge is -2.04. The third-order valence-corrected chi connectivity index (χ3v) is 11.6. The molecule has 0 saturated carbocycles. The number of hydrogen-bond donors (Lipinski definition) is 0. The van der Waals surface area contributed by atoms with Crippen LogP contribution < -0.4 is 28.4 Å². The highest BCUT2D eigenvalue weighted by atomic mass is 16.5. The number of ether oxygens (including phenoxy) is 6. The summed E-state index contributed by atoms with van der Waals surface area (Å²) in [6, 6.07) is 71.0. The van der Waals surface area contributed by atoms with Crippen molar-refractivity contribution in [2.24, 2.45) is 0 Å². The molecule has 7 aromatic heterocycles. The Hall–Kier alpha value is -9.82. The van der Waals surface area contributed by atoms with E-state index in [2.05, 4.69) is 139 Å². The zero-order valence-electron chi connectivity index (χ0n) is 47.8. The van der Waals surface area contributed by atoms with Gasteiger partial charge in [0.25, 0.3) is 0 Å². The minimum atomic E-state index is 0.421. The molecule has 0 saturated heterocycles. The van der Waals surface area contributed by atoms with Crippen LogP contribution in [0.1, 0.15) is 119 Å². The average Bonchev–Trinajstić information content (AvgIpc) is 3.48. The van der Waals surface area contributed by atoms with E-state index in [1.54, 1.807) is 72.8 Å². The molecule has 0 fully saturated rings. The molecule has 0 aliphatic carbocycles. The number of hydrogen-bond acceptors (Lipinski definition) is 12. The van der Waals surface area contributed by atoms with Crippen molar-refractivity contribution in [2.75, 3.05) is 39.6 Å². The van der Waals surface area contributed by atoms with E-state index in [9.17, 15) is 0 Å². The summed E-state index contributed by atoms with van der Waals surface area (Å²) >= 11 is 0. The number of aromatic nitrogens is 6. The maximum absolute atomic E-state index is 6.17. The van der Waals surface area contributed by atoms with Crippen molar-refractivity contribution in [3.63, 3.8) is 0 Å². The van der Waals surface area contributed by atoms with Crippen LogP contribution in [0.2, 0.25) is 0 Å². The highest BCUT2D eigenvalue weighted by Crippen LogP contribution is 2.20. The van der Waals surface area contributed by atoms with E-state index >= 15 is 0 Å². The van der Waals surface area contributed by atoms with Crippen LogP contribution in [-0.4, -0.2) is 69.5 Å². The zero-order chi connectivity index (χ0) is 57.4. The van der Waals surface area contributed by atoms with E-state index < -0.39 is 0 Å². The molecule has 12 nitrogen and oxygen atoms in total. The third kappa shape index (κ3) is 21.1. The summed E-state index contributed by atoms with van der Waals surface area (Å²) in [7, 11) is 0. The molecule has 0 N–H and O–H groups in total. The predicted molar refractivity (Wildman–Crippen MR) is 319 cm³/mol. The molecule has 0 spiro atoms. The molecule has 82 heavy (non-hydrogen) atoms. The Morgan fingerprint density at radius 3 is 0.488 bits per heavy atom. The molecule has 0 aromatic carbocycles. The molecule has 412 valence electrons. The van der Waals surface area contributed by atoms with Crippen LogP contribution in [0, 0.1) is 97.1 Å². The summed E-state index contributed by atoms with van der Waals surface area (Å²) in [6.07, 6.45) is 11.1. The summed E-state index contributed by atoms with van der Waals surface area (Å²) in [4.78, 5) is 28.7. The van der Waals surface area contributed by atoms with Crippen molar-refractivity contribution in [1.29, 1.82) is 0 Å². The largest absolute Gasteiger partial charge is 0.493 e. The highest BCUT2D eigenvalue weighted by molar-refractivity contribution is 5.64. The predicted octanol–water partition coefficient (Wildman–Crippen LogP) is 15.0. The standard InChI is InChI=1S/C70H66N6O6/c1-7-13-35-77-65-41-53-23-19-20-24-54-42-66(78-36-14-8-2)46-58(72-54)29-33-63-51-70(82-40-18-12-6)52-64(76-63)34-30-60-48-68(80-38-16-10-4)44-56(74-60)26-22-21-25-55-43-67(79-37-15-9-3)47-59(73-55)28-32-62-50-69(81-39-17-11-5)49-61(75-62)31-27-57(45-65)71-53/h41-52H,7-18,35-40H2,1-6H3. The molecule has 0 atom stereocenters. The van der Waals surface area contributed by atoms with Gasteiger partial charge >= 0.3 is 0 Å². The summed E-state index contributed by atoms with van der Waals surface area (Å²) in [6.45, 7) is 15.8. The Bertz CT molecular complexity index is 3130. The van der Waals surface area contributed by atoms with Crippen molar-refractivity contribution < 1.29 is 28.4 Å². The fourth-order valence-electron chi connectivity index (χ4n) is 7.20. The van der Waals surface area contributed by atoms with E-state index in [0.717, 1.165) is 77.0 Å². The normalized spacial score (nSPS) is 9.93. The molecule has 0 radical (unpaired) electrons. The quantitative estimate of drug-likeness (QED) is 0.0534. The van der Waals surface area contributed by atoms with Crippen LogP contribution in [0.15, 0.2) is 72.8 Å². The fourth-order valence-corrected chi connectivity index (χ4v) is 7.20. The first kappa shape index (κ1) is 59.8. The minimum Gasteiger partial charge on any atom is -0.493 e. The number of fused-ring (bicyclic) bond motifs is 12. The van der Waals surface area contributed by atoms with Gasteiger partial charge in [0.1, 0.15) is 101 Å². The van der Waals surface area contributed by atoms with Crippen molar-refractivity contribution in [2.45, 2.75) is 119 Å².